The Morgan fingerprint density at radius 2 is 0.836 bits per heavy atom. The highest BCUT2D eigenvalue weighted by atomic mass is 16.4. The van der Waals surface area contributed by atoms with Crippen molar-refractivity contribution >= 4 is 17.8 Å². The molecule has 0 aromatic heterocycles. The Morgan fingerprint density at radius 1 is 0.473 bits per heavy atom. The lowest BCUT2D eigenvalue weighted by Crippen LogP contribution is -2.15. The normalized spacial score (nSPS) is 9.35. The van der Waals surface area contributed by atoms with Crippen LogP contribution in [0.2, 0.25) is 0 Å². The molecule has 6 heteroatoms. The largest absolute Gasteiger partial charge is 0.478 e. The third-order valence-corrected chi connectivity index (χ3v) is 8.45. The molecule has 0 aliphatic heterocycles. The van der Waals surface area contributed by atoms with E-state index in [-0.39, 0.29) is 5.91 Å². The van der Waals surface area contributed by atoms with Crippen molar-refractivity contribution in [2.45, 2.75) is 101 Å². The summed E-state index contributed by atoms with van der Waals surface area (Å²) in [6.07, 6.45) is 5.89. The highest BCUT2D eigenvalue weighted by molar-refractivity contribution is 5.89. The van der Waals surface area contributed by atoms with Gasteiger partial charge in [-0.15, -0.1) is 0 Å². The summed E-state index contributed by atoms with van der Waals surface area (Å²) in [6.45, 7) is 18.5. The molecule has 3 N–H and O–H groups in total. The molecule has 5 rings (SSSR count). The molecule has 0 fully saturated rings. The maximum absolute atomic E-state index is 10.6. The van der Waals surface area contributed by atoms with Crippen LogP contribution < -0.4 is 5.32 Å². The minimum atomic E-state index is -0.868. The van der Waals surface area contributed by atoms with Crippen LogP contribution in [-0.4, -0.2) is 35.1 Å². The quantitative estimate of drug-likeness (QED) is 0.147. The van der Waals surface area contributed by atoms with Crippen molar-refractivity contribution in [3.05, 3.63) is 177 Å². The van der Waals surface area contributed by atoms with Crippen molar-refractivity contribution in [3.63, 3.8) is 0 Å². The van der Waals surface area contributed by atoms with E-state index in [1.165, 1.54) is 33.4 Å². The molecule has 0 aliphatic carbocycles. The fourth-order valence-corrected chi connectivity index (χ4v) is 4.61. The van der Waals surface area contributed by atoms with Crippen molar-refractivity contribution in [2.75, 3.05) is 7.05 Å². The van der Waals surface area contributed by atoms with Crippen molar-refractivity contribution < 1.29 is 24.6 Å². The lowest BCUT2D eigenvalue weighted by Gasteiger charge is -2.02. The fraction of sp³-hybridized carbons (Fsp3) is 0.327. The molecule has 0 saturated heterocycles. The Hall–Kier alpha value is -5.49. The van der Waals surface area contributed by atoms with Gasteiger partial charge in [0, 0.05) is 13.5 Å². The number of nitrogens with one attached hydrogen (secondary N) is 1. The minimum Gasteiger partial charge on any atom is -0.478 e. The Kier molecular flexibility index (Phi) is 26.9. The second kappa shape index (κ2) is 29.9. The first kappa shape index (κ1) is 49.5. The van der Waals surface area contributed by atoms with Crippen LogP contribution in [0.25, 0.3) is 0 Å². The van der Waals surface area contributed by atoms with E-state index >= 15 is 0 Å². The molecule has 0 aliphatic rings. The van der Waals surface area contributed by atoms with E-state index in [1.807, 2.05) is 51.1 Å². The maximum atomic E-state index is 10.6. The number of carboxylic acid groups (broad SMARTS) is 2. The van der Waals surface area contributed by atoms with Gasteiger partial charge >= 0.3 is 11.9 Å². The van der Waals surface area contributed by atoms with Crippen LogP contribution in [0.3, 0.4) is 0 Å². The molecule has 296 valence electrons. The van der Waals surface area contributed by atoms with Gasteiger partial charge in [-0.1, -0.05) is 156 Å². The van der Waals surface area contributed by atoms with Gasteiger partial charge in [0.05, 0.1) is 11.1 Å². The molecule has 0 atom stereocenters. The topological polar surface area (TPSA) is 104 Å². The average molecular weight is 748 g/mol. The number of hydrogen-bond acceptors (Lipinski definition) is 3. The number of benzene rings is 5. The third-order valence-electron chi connectivity index (χ3n) is 8.45. The lowest BCUT2D eigenvalue weighted by atomic mass is 10.0. The average Bonchev–Trinajstić information content (AvgIpc) is 3.22. The molecule has 5 aromatic rings. The smallest absolute Gasteiger partial charge is 0.335 e. The van der Waals surface area contributed by atoms with E-state index in [4.69, 9.17) is 10.2 Å². The van der Waals surface area contributed by atoms with Crippen LogP contribution in [0.1, 0.15) is 113 Å². The monoisotopic (exact) mass is 747 g/mol. The molecule has 0 radical (unpaired) electrons. The molecule has 55 heavy (non-hydrogen) atoms. The van der Waals surface area contributed by atoms with Gasteiger partial charge in [0.2, 0.25) is 5.91 Å². The van der Waals surface area contributed by atoms with Crippen molar-refractivity contribution in [1.29, 1.82) is 0 Å². The Balaban J connectivity index is 0.000000644. The van der Waals surface area contributed by atoms with Gasteiger partial charge in [-0.3, -0.25) is 4.79 Å². The van der Waals surface area contributed by atoms with Crippen molar-refractivity contribution in [3.8, 4) is 0 Å². The van der Waals surface area contributed by atoms with Gasteiger partial charge in [-0.25, -0.2) is 9.59 Å². The Bertz CT molecular complexity index is 1710. The molecule has 0 saturated carbocycles. The van der Waals surface area contributed by atoms with E-state index < -0.39 is 11.9 Å². The number of aromatic carboxylic acids is 2. The second-order valence-electron chi connectivity index (χ2n) is 12.7. The predicted octanol–water partition coefficient (Wildman–Crippen LogP) is 11.7. The van der Waals surface area contributed by atoms with Gasteiger partial charge in [0.15, 0.2) is 0 Å². The van der Waals surface area contributed by atoms with Gasteiger partial charge in [0.1, 0.15) is 0 Å². The van der Waals surface area contributed by atoms with Crippen molar-refractivity contribution in [1.82, 2.24) is 5.32 Å². The van der Waals surface area contributed by atoms with Gasteiger partial charge in [-0.05, 0) is 104 Å². The molecule has 5 aromatic carbocycles. The first-order valence-electron chi connectivity index (χ1n) is 19.3. The molecule has 0 bridgehead atoms. The van der Waals surface area contributed by atoms with Gasteiger partial charge in [-0.2, -0.15) is 0 Å². The number of rotatable bonds is 8. The molecular weight excluding hydrogens is 683 g/mol. The number of hydrogen-bond donors (Lipinski definition) is 3. The highest BCUT2D eigenvalue weighted by Crippen LogP contribution is 2.11. The molecule has 0 spiro atoms. The van der Waals surface area contributed by atoms with Crippen LogP contribution >= 0.6 is 0 Å². The van der Waals surface area contributed by atoms with Crippen LogP contribution in [0.15, 0.2) is 121 Å². The zero-order valence-corrected chi connectivity index (χ0v) is 34.9. The molecule has 6 nitrogen and oxygen atoms in total. The standard InChI is InChI=1S/C10H12O2.C9H10O2.2C9H12.C8H10.C4H9NO/c1-3-8-4-5-9(10(11)12)7(2)6-8;1-2-7-3-5-8(6-4-7)9(10)11;2*1-3-9-6-4-8(2)5-7-9;1-2-8-6-4-3-5-7-8;1-3-4(6)5-2/h4-6H,3H2,1-2H3,(H,11,12);3-6H,2H2,1H3,(H,10,11);2*4-7H,3H2,1-2H3;3-7H,2H2,1H3;3H2,1-2H3,(H,5,6). The summed E-state index contributed by atoms with van der Waals surface area (Å²) in [7, 11) is 1.63. The molecule has 0 heterocycles. The van der Waals surface area contributed by atoms with Crippen LogP contribution in [0.5, 0.6) is 0 Å². The van der Waals surface area contributed by atoms with E-state index in [1.54, 1.807) is 25.2 Å². The summed E-state index contributed by atoms with van der Waals surface area (Å²) < 4.78 is 0. The number of carbonyl (C=O) groups excluding carboxylic acids is 1. The van der Waals surface area contributed by atoms with Crippen molar-refractivity contribution in [2.24, 2.45) is 0 Å². The first-order valence-corrected chi connectivity index (χ1v) is 19.3. The fourth-order valence-electron chi connectivity index (χ4n) is 4.61. The summed E-state index contributed by atoms with van der Waals surface area (Å²) in [5.74, 6) is -1.63. The molecule has 0 unspecified atom stereocenters. The van der Waals surface area contributed by atoms with E-state index in [2.05, 4.69) is 120 Å². The van der Waals surface area contributed by atoms with Gasteiger partial charge in [0.25, 0.3) is 0 Å². The Labute approximate surface area is 331 Å². The van der Waals surface area contributed by atoms with Crippen LogP contribution in [0.4, 0.5) is 0 Å². The van der Waals surface area contributed by atoms with Gasteiger partial charge < -0.3 is 15.5 Å². The zero-order valence-electron chi connectivity index (χ0n) is 34.9. The molecule has 1 amide bonds. The summed E-state index contributed by atoms with van der Waals surface area (Å²) in [5.41, 5.74) is 10.8. The first-order chi connectivity index (χ1) is 26.3. The minimum absolute atomic E-state index is 0.0926. The lowest BCUT2D eigenvalue weighted by molar-refractivity contribution is -0.120. The number of aryl methyl sites for hydroxylation is 8. The van der Waals surface area contributed by atoms with Crippen LogP contribution in [0, 0.1) is 20.8 Å². The van der Waals surface area contributed by atoms with E-state index in [0.717, 1.165) is 43.2 Å². The summed E-state index contributed by atoms with van der Waals surface area (Å²) in [6, 6.07) is 40.1. The highest BCUT2D eigenvalue weighted by Gasteiger charge is 2.05. The number of carbonyl (C=O) groups is 3. The summed E-state index contributed by atoms with van der Waals surface area (Å²) in [4.78, 5) is 31.1. The molecular formula is C49H65NO5. The SMILES string of the molecule is CCC(=O)NC.CCc1ccc(C(=O)O)c(C)c1.CCc1ccc(C(=O)O)cc1.CCc1ccc(C)cc1.CCc1ccc(C)cc1.CCc1ccccc1. The number of amides is 1. The summed E-state index contributed by atoms with van der Waals surface area (Å²) in [5, 5.41) is 19.8. The second-order valence-corrected chi connectivity index (χ2v) is 12.7. The Morgan fingerprint density at radius 3 is 1.11 bits per heavy atom. The van der Waals surface area contributed by atoms with E-state index in [9.17, 15) is 14.4 Å². The summed E-state index contributed by atoms with van der Waals surface area (Å²) >= 11 is 0. The maximum Gasteiger partial charge on any atom is 0.335 e. The zero-order chi connectivity index (χ0) is 41.6. The number of carboxylic acids is 2. The van der Waals surface area contributed by atoms with Crippen LogP contribution in [-0.2, 0) is 36.9 Å². The predicted molar refractivity (Wildman–Crippen MR) is 232 cm³/mol. The van der Waals surface area contributed by atoms with E-state index in [0.29, 0.717) is 17.5 Å². The third kappa shape index (κ3) is 23.0.